The topological polar surface area (TPSA) is 61.9 Å². The molecule has 0 radical (unpaired) electrons. The number of carbonyl (C=O) groups excluding carboxylic acids is 2. The van der Waals surface area contributed by atoms with Crippen LogP contribution in [0, 0.1) is 0 Å². The summed E-state index contributed by atoms with van der Waals surface area (Å²) in [6, 6.07) is 6.33. The van der Waals surface area contributed by atoms with Crippen LogP contribution in [0.5, 0.6) is 0 Å². The number of halogens is 1. The highest BCUT2D eigenvalue weighted by molar-refractivity contribution is 6.30. The molecule has 3 amide bonds. The number of nitrogens with zero attached hydrogens (tertiary/aromatic N) is 2. The molecule has 0 spiro atoms. The maximum Gasteiger partial charge on any atom is 0.428 e. The molecule has 0 unspecified atom stereocenters. The Balaban J connectivity index is 2.13. The number of methoxy groups -OCH3 is 1. The molecule has 0 bridgehead atoms. The molecule has 7 heteroatoms. The van der Waals surface area contributed by atoms with Crippen LogP contribution in [0.4, 0.5) is 15.3 Å². The van der Waals surface area contributed by atoms with E-state index in [9.17, 15) is 9.59 Å². The maximum atomic E-state index is 12.3. The Kier molecular flexibility index (Phi) is 4.70. The van der Waals surface area contributed by atoms with E-state index in [0.29, 0.717) is 23.8 Å². The monoisotopic (exact) mass is 309 g/mol. The van der Waals surface area contributed by atoms with Gasteiger partial charge in [-0.15, -0.1) is 0 Å². The predicted molar refractivity (Wildman–Crippen MR) is 80.0 cm³/mol. The average molecular weight is 310 g/mol. The van der Waals surface area contributed by atoms with E-state index in [1.165, 1.54) is 17.1 Å². The summed E-state index contributed by atoms with van der Waals surface area (Å²) < 4.78 is 4.69. The molecule has 1 aromatic rings. The lowest BCUT2D eigenvalue weighted by Gasteiger charge is -2.36. The smallest absolute Gasteiger partial charge is 0.428 e. The normalized spacial score (nSPS) is 14.5. The van der Waals surface area contributed by atoms with Crippen LogP contribution in [-0.4, -0.2) is 42.3 Å². The molecule has 0 saturated heterocycles. The minimum atomic E-state index is -0.579. The first-order valence-electron chi connectivity index (χ1n) is 6.36. The van der Waals surface area contributed by atoms with Crippen molar-refractivity contribution < 1.29 is 14.3 Å². The fourth-order valence-corrected chi connectivity index (χ4v) is 2.03. The number of anilines is 1. The highest BCUT2D eigenvalue weighted by Gasteiger charge is 2.29. The second-order valence-corrected chi connectivity index (χ2v) is 5.03. The van der Waals surface area contributed by atoms with Crippen molar-refractivity contribution in [1.29, 1.82) is 0 Å². The van der Waals surface area contributed by atoms with E-state index < -0.39 is 12.1 Å². The molecule has 1 aliphatic heterocycles. The van der Waals surface area contributed by atoms with Gasteiger partial charge in [-0.25, -0.2) is 19.6 Å². The first-order valence-corrected chi connectivity index (χ1v) is 6.74. The van der Waals surface area contributed by atoms with E-state index >= 15 is 0 Å². The highest BCUT2D eigenvalue weighted by Crippen LogP contribution is 2.17. The lowest BCUT2D eigenvalue weighted by atomic mass is 10.2. The number of nitrogens with one attached hydrogen (secondary N) is 1. The van der Waals surface area contributed by atoms with E-state index in [-0.39, 0.29) is 0 Å². The van der Waals surface area contributed by atoms with Gasteiger partial charge < -0.3 is 10.1 Å². The number of hydrogen-bond acceptors (Lipinski definition) is 3. The van der Waals surface area contributed by atoms with E-state index in [1.54, 1.807) is 24.3 Å². The van der Waals surface area contributed by atoms with Gasteiger partial charge >= 0.3 is 12.1 Å². The zero-order chi connectivity index (χ0) is 15.4. The maximum absolute atomic E-state index is 12.3. The Labute approximate surface area is 127 Å². The molecule has 0 aromatic heterocycles. The van der Waals surface area contributed by atoms with Gasteiger partial charge in [0, 0.05) is 10.7 Å². The van der Waals surface area contributed by atoms with E-state index in [2.05, 4.69) is 10.1 Å². The van der Waals surface area contributed by atoms with Crippen LogP contribution in [0.15, 0.2) is 35.9 Å². The van der Waals surface area contributed by atoms with Gasteiger partial charge in [0.15, 0.2) is 0 Å². The van der Waals surface area contributed by atoms with Crippen molar-refractivity contribution in [3.8, 4) is 0 Å². The lowest BCUT2D eigenvalue weighted by molar-refractivity contribution is 0.0252. The van der Waals surface area contributed by atoms with Gasteiger partial charge in [0.2, 0.25) is 0 Å². The van der Waals surface area contributed by atoms with Crippen LogP contribution >= 0.6 is 11.6 Å². The van der Waals surface area contributed by atoms with E-state index in [1.807, 2.05) is 13.0 Å². The van der Waals surface area contributed by atoms with Crippen molar-refractivity contribution in [3.05, 3.63) is 40.9 Å². The van der Waals surface area contributed by atoms with Gasteiger partial charge in [0.25, 0.3) is 0 Å². The van der Waals surface area contributed by atoms with Crippen molar-refractivity contribution in [2.75, 3.05) is 25.5 Å². The van der Waals surface area contributed by atoms with Crippen molar-refractivity contribution in [3.63, 3.8) is 0 Å². The summed E-state index contributed by atoms with van der Waals surface area (Å²) >= 11 is 5.80. The summed E-state index contributed by atoms with van der Waals surface area (Å²) in [6.07, 6.45) is 1.30. The van der Waals surface area contributed by atoms with Crippen LogP contribution in [0.2, 0.25) is 5.02 Å². The van der Waals surface area contributed by atoms with Crippen molar-refractivity contribution in [2.24, 2.45) is 0 Å². The third-order valence-electron chi connectivity index (χ3n) is 3.02. The van der Waals surface area contributed by atoms with Crippen LogP contribution in [0.25, 0.3) is 0 Å². The Hall–Kier alpha value is -2.21. The van der Waals surface area contributed by atoms with Gasteiger partial charge in [0.05, 0.1) is 20.2 Å². The van der Waals surface area contributed by atoms with Gasteiger partial charge in [-0.2, -0.15) is 0 Å². The summed E-state index contributed by atoms with van der Waals surface area (Å²) in [5, 5.41) is 5.87. The number of rotatable bonds is 1. The number of urea groups is 1. The molecule has 21 heavy (non-hydrogen) atoms. The number of carbonyl (C=O) groups is 2. The molecule has 1 N–H and O–H groups in total. The molecule has 1 aromatic carbocycles. The Morgan fingerprint density at radius 2 is 1.90 bits per heavy atom. The van der Waals surface area contributed by atoms with E-state index in [0.717, 1.165) is 5.57 Å². The number of ether oxygens (including phenoxy) is 1. The van der Waals surface area contributed by atoms with Crippen molar-refractivity contribution >= 4 is 29.4 Å². The molecule has 112 valence electrons. The summed E-state index contributed by atoms with van der Waals surface area (Å²) in [5.74, 6) is 0. The quantitative estimate of drug-likeness (QED) is 0.811. The molecule has 0 aliphatic carbocycles. The van der Waals surface area contributed by atoms with E-state index in [4.69, 9.17) is 11.6 Å². The molecular weight excluding hydrogens is 294 g/mol. The number of amides is 3. The molecule has 6 nitrogen and oxygen atoms in total. The van der Waals surface area contributed by atoms with Gasteiger partial charge in [-0.3, -0.25) is 0 Å². The molecule has 0 saturated carbocycles. The molecule has 2 rings (SSSR count). The third-order valence-corrected chi connectivity index (χ3v) is 3.27. The second kappa shape index (κ2) is 6.49. The Morgan fingerprint density at radius 1 is 1.24 bits per heavy atom. The Morgan fingerprint density at radius 3 is 2.52 bits per heavy atom. The zero-order valence-corrected chi connectivity index (χ0v) is 12.6. The average Bonchev–Trinajstić information content (AvgIpc) is 2.48. The summed E-state index contributed by atoms with van der Waals surface area (Å²) in [6.45, 7) is 2.53. The minimum absolute atomic E-state index is 0.298. The lowest BCUT2D eigenvalue weighted by Crippen LogP contribution is -2.53. The fourth-order valence-electron chi connectivity index (χ4n) is 1.91. The Bertz CT molecular complexity index is 571. The molecule has 1 heterocycles. The SMILES string of the molecule is COC(=O)N1CC=C(C)CN1C(=O)Nc1ccc(Cl)cc1. The predicted octanol–water partition coefficient (Wildman–Crippen LogP) is 3.12. The fraction of sp³-hybridized carbons (Fsp3) is 0.286. The van der Waals surface area contributed by atoms with Gasteiger partial charge in [-0.05, 0) is 31.2 Å². The molecular formula is C14H16ClN3O3. The third kappa shape index (κ3) is 3.66. The highest BCUT2D eigenvalue weighted by atomic mass is 35.5. The summed E-state index contributed by atoms with van der Waals surface area (Å²) in [5.41, 5.74) is 1.60. The minimum Gasteiger partial charge on any atom is -0.452 e. The number of hydrazine groups is 1. The molecule has 0 atom stereocenters. The van der Waals surface area contributed by atoms with Crippen LogP contribution in [0.3, 0.4) is 0 Å². The van der Waals surface area contributed by atoms with Crippen LogP contribution in [0.1, 0.15) is 6.92 Å². The van der Waals surface area contributed by atoms with Crippen LogP contribution < -0.4 is 5.32 Å². The first kappa shape index (κ1) is 15.2. The van der Waals surface area contributed by atoms with Crippen molar-refractivity contribution in [2.45, 2.75) is 6.92 Å². The van der Waals surface area contributed by atoms with Gasteiger partial charge in [-0.1, -0.05) is 23.3 Å². The standard InChI is InChI=1S/C14H16ClN3O3/c1-10-7-8-17(14(20)21-2)18(9-10)13(19)16-12-5-3-11(15)4-6-12/h3-7H,8-9H2,1-2H3,(H,16,19). The summed E-state index contributed by atoms with van der Waals surface area (Å²) in [7, 11) is 1.28. The summed E-state index contributed by atoms with van der Waals surface area (Å²) in [4.78, 5) is 24.1. The molecule has 1 aliphatic rings. The number of benzene rings is 1. The number of hydrogen-bond donors (Lipinski definition) is 1. The zero-order valence-electron chi connectivity index (χ0n) is 11.8. The molecule has 0 fully saturated rings. The van der Waals surface area contributed by atoms with Crippen LogP contribution in [-0.2, 0) is 4.74 Å². The van der Waals surface area contributed by atoms with Gasteiger partial charge in [0.1, 0.15) is 0 Å². The second-order valence-electron chi connectivity index (χ2n) is 4.60. The van der Waals surface area contributed by atoms with Crippen molar-refractivity contribution in [1.82, 2.24) is 10.0 Å². The largest absolute Gasteiger partial charge is 0.452 e. The first-order chi connectivity index (χ1) is 10.0.